The van der Waals surface area contributed by atoms with Gasteiger partial charge in [-0.25, -0.2) is 0 Å². The molecule has 0 spiro atoms. The van der Waals surface area contributed by atoms with Crippen molar-refractivity contribution in [3.63, 3.8) is 0 Å². The molecular formula is C21H23N3O2. The second-order valence-electron chi connectivity index (χ2n) is 7.11. The summed E-state index contributed by atoms with van der Waals surface area (Å²) >= 11 is 0. The van der Waals surface area contributed by atoms with Crippen molar-refractivity contribution in [1.29, 1.82) is 0 Å². The molecule has 0 radical (unpaired) electrons. The molecule has 3 aromatic rings. The highest BCUT2D eigenvalue weighted by molar-refractivity contribution is 5.93. The molecule has 0 aliphatic rings. The Balaban J connectivity index is 1.75. The highest BCUT2D eigenvalue weighted by Crippen LogP contribution is 2.31. The average Bonchev–Trinajstić information content (AvgIpc) is 3.13. The van der Waals surface area contributed by atoms with E-state index in [2.05, 4.69) is 42.5 Å². The van der Waals surface area contributed by atoms with Crippen LogP contribution in [0.4, 0.5) is 11.4 Å². The number of benzene rings is 1. The maximum Gasteiger partial charge on any atom is 0.270 e. The lowest BCUT2D eigenvalue weighted by molar-refractivity contribution is 0.0943. The van der Waals surface area contributed by atoms with Crippen LogP contribution in [0.3, 0.4) is 0 Å². The Kier molecular flexibility index (Phi) is 5.07. The van der Waals surface area contributed by atoms with Crippen LogP contribution in [0.15, 0.2) is 65.4 Å². The smallest absolute Gasteiger partial charge is 0.270 e. The number of nitrogens with zero attached hydrogens (tertiary/aromatic N) is 1. The molecule has 1 aromatic carbocycles. The molecule has 0 bridgehead atoms. The molecule has 26 heavy (non-hydrogen) atoms. The first-order valence-corrected chi connectivity index (χ1v) is 8.56. The van der Waals surface area contributed by atoms with Crippen LogP contribution in [0.1, 0.15) is 42.6 Å². The van der Waals surface area contributed by atoms with Crippen LogP contribution in [0, 0.1) is 0 Å². The Morgan fingerprint density at radius 2 is 1.92 bits per heavy atom. The van der Waals surface area contributed by atoms with Gasteiger partial charge in [0.2, 0.25) is 0 Å². The van der Waals surface area contributed by atoms with Crippen LogP contribution in [0.25, 0.3) is 0 Å². The molecule has 134 valence electrons. The first-order valence-electron chi connectivity index (χ1n) is 8.56. The van der Waals surface area contributed by atoms with Gasteiger partial charge in [0.05, 0.1) is 12.8 Å². The first-order chi connectivity index (χ1) is 12.4. The van der Waals surface area contributed by atoms with Crippen molar-refractivity contribution < 1.29 is 9.21 Å². The zero-order valence-corrected chi connectivity index (χ0v) is 15.2. The number of anilines is 2. The van der Waals surface area contributed by atoms with E-state index in [0.717, 1.165) is 11.4 Å². The fourth-order valence-corrected chi connectivity index (χ4v) is 2.71. The molecule has 0 fully saturated rings. The first kappa shape index (κ1) is 17.7. The molecule has 0 unspecified atom stereocenters. The van der Waals surface area contributed by atoms with E-state index >= 15 is 0 Å². The topological polar surface area (TPSA) is 67.2 Å². The van der Waals surface area contributed by atoms with Gasteiger partial charge in [0.1, 0.15) is 11.5 Å². The fraction of sp³-hybridized carbons (Fsp3) is 0.238. The lowest BCUT2D eigenvalue weighted by atomic mass is 9.86. The van der Waals surface area contributed by atoms with Crippen molar-refractivity contribution in [2.24, 2.45) is 0 Å². The van der Waals surface area contributed by atoms with Crippen LogP contribution in [-0.2, 0) is 12.0 Å². The molecule has 1 amide bonds. The monoisotopic (exact) mass is 349 g/mol. The summed E-state index contributed by atoms with van der Waals surface area (Å²) in [5.74, 6) is 0.459. The van der Waals surface area contributed by atoms with Crippen molar-refractivity contribution in [1.82, 2.24) is 10.3 Å². The molecule has 2 aromatic heterocycles. The summed E-state index contributed by atoms with van der Waals surface area (Å²) in [6, 6.07) is 15.4. The predicted molar refractivity (Wildman–Crippen MR) is 103 cm³/mol. The second-order valence-corrected chi connectivity index (χ2v) is 7.11. The highest BCUT2D eigenvalue weighted by Gasteiger charge is 2.17. The minimum atomic E-state index is -0.242. The van der Waals surface area contributed by atoms with Crippen LogP contribution in [0.5, 0.6) is 0 Å². The van der Waals surface area contributed by atoms with E-state index in [-0.39, 0.29) is 11.3 Å². The van der Waals surface area contributed by atoms with Crippen LogP contribution >= 0.6 is 0 Å². The summed E-state index contributed by atoms with van der Waals surface area (Å²) in [6.45, 7) is 6.85. The Hall–Kier alpha value is -3.08. The van der Waals surface area contributed by atoms with Gasteiger partial charge in [-0.3, -0.25) is 9.78 Å². The van der Waals surface area contributed by atoms with Gasteiger partial charge in [0.25, 0.3) is 5.91 Å². The third-order valence-corrected chi connectivity index (χ3v) is 4.01. The van der Waals surface area contributed by atoms with Gasteiger partial charge >= 0.3 is 0 Å². The number of rotatable bonds is 5. The molecule has 0 saturated carbocycles. The van der Waals surface area contributed by atoms with Crippen molar-refractivity contribution in [3.05, 3.63) is 78.0 Å². The summed E-state index contributed by atoms with van der Waals surface area (Å²) in [4.78, 5) is 16.5. The van der Waals surface area contributed by atoms with E-state index in [4.69, 9.17) is 4.42 Å². The highest BCUT2D eigenvalue weighted by atomic mass is 16.3. The van der Waals surface area contributed by atoms with E-state index in [1.807, 2.05) is 30.3 Å². The number of carbonyl (C=O) groups excluding carboxylic acids is 1. The zero-order chi connectivity index (χ0) is 18.6. The maximum absolute atomic E-state index is 12.3. The number of para-hydroxylation sites is 1. The van der Waals surface area contributed by atoms with Crippen molar-refractivity contribution in [2.45, 2.75) is 32.7 Å². The minimum Gasteiger partial charge on any atom is -0.467 e. The minimum absolute atomic E-state index is 0.0138. The zero-order valence-electron chi connectivity index (χ0n) is 15.2. The molecule has 5 nitrogen and oxygen atoms in total. The number of furan rings is 1. The fourth-order valence-electron chi connectivity index (χ4n) is 2.71. The Morgan fingerprint density at radius 3 is 2.65 bits per heavy atom. The van der Waals surface area contributed by atoms with Crippen molar-refractivity contribution in [2.75, 3.05) is 5.32 Å². The molecular weight excluding hydrogens is 326 g/mol. The summed E-state index contributed by atoms with van der Waals surface area (Å²) in [7, 11) is 0. The number of nitrogens with one attached hydrogen (secondary N) is 2. The van der Waals surface area contributed by atoms with Gasteiger partial charge in [-0.15, -0.1) is 0 Å². The third-order valence-electron chi connectivity index (χ3n) is 4.01. The SMILES string of the molecule is CC(C)(C)c1ccccc1Nc1ccnc(C(=O)NCc2ccco2)c1. The summed E-state index contributed by atoms with van der Waals surface area (Å²) in [6.07, 6.45) is 3.21. The maximum atomic E-state index is 12.3. The molecule has 5 heteroatoms. The largest absolute Gasteiger partial charge is 0.467 e. The standard InChI is InChI=1S/C21H23N3O2/c1-21(2,3)17-8-4-5-9-18(17)24-15-10-11-22-19(13-15)20(25)23-14-16-7-6-12-26-16/h4-13H,14H2,1-3H3,(H,22,24)(H,23,25). The molecule has 2 heterocycles. The lowest BCUT2D eigenvalue weighted by Gasteiger charge is -2.23. The van der Waals surface area contributed by atoms with Crippen LogP contribution in [-0.4, -0.2) is 10.9 Å². The van der Waals surface area contributed by atoms with Crippen LogP contribution < -0.4 is 10.6 Å². The Bertz CT molecular complexity index is 880. The number of carbonyl (C=O) groups is 1. The molecule has 0 aliphatic carbocycles. The predicted octanol–water partition coefficient (Wildman–Crippen LogP) is 4.65. The second kappa shape index (κ2) is 7.44. The normalized spacial score (nSPS) is 11.2. The van der Waals surface area contributed by atoms with Crippen molar-refractivity contribution in [3.8, 4) is 0 Å². The quantitative estimate of drug-likeness (QED) is 0.704. The molecule has 0 atom stereocenters. The Morgan fingerprint density at radius 1 is 1.12 bits per heavy atom. The van der Waals surface area contributed by atoms with E-state index in [9.17, 15) is 4.79 Å². The van der Waals surface area contributed by atoms with Gasteiger partial charge in [0.15, 0.2) is 0 Å². The molecule has 0 saturated heterocycles. The van der Waals surface area contributed by atoms with E-state index in [1.54, 1.807) is 24.6 Å². The van der Waals surface area contributed by atoms with Crippen LogP contribution in [0.2, 0.25) is 0 Å². The van der Waals surface area contributed by atoms with Gasteiger partial charge in [-0.2, -0.15) is 0 Å². The number of hydrogen-bond donors (Lipinski definition) is 2. The van der Waals surface area contributed by atoms with Crippen molar-refractivity contribution >= 4 is 17.3 Å². The number of amides is 1. The van der Waals surface area contributed by atoms with E-state index < -0.39 is 0 Å². The third kappa shape index (κ3) is 4.30. The molecule has 2 N–H and O–H groups in total. The summed E-state index contributed by atoms with van der Waals surface area (Å²) in [5.41, 5.74) is 3.42. The summed E-state index contributed by atoms with van der Waals surface area (Å²) < 4.78 is 5.22. The van der Waals surface area contributed by atoms with E-state index in [0.29, 0.717) is 18.0 Å². The molecule has 3 rings (SSSR count). The van der Waals surface area contributed by atoms with Gasteiger partial charge in [-0.05, 0) is 41.3 Å². The van der Waals surface area contributed by atoms with Gasteiger partial charge in [0, 0.05) is 17.6 Å². The average molecular weight is 349 g/mol. The summed E-state index contributed by atoms with van der Waals surface area (Å²) in [5, 5.41) is 6.21. The number of hydrogen-bond acceptors (Lipinski definition) is 4. The van der Waals surface area contributed by atoms with E-state index in [1.165, 1.54) is 5.56 Å². The number of pyridine rings is 1. The molecule has 0 aliphatic heterocycles. The lowest BCUT2D eigenvalue weighted by Crippen LogP contribution is -2.23. The Labute approximate surface area is 153 Å². The van der Waals surface area contributed by atoms with Gasteiger partial charge < -0.3 is 15.1 Å². The number of aromatic nitrogens is 1. The van der Waals surface area contributed by atoms with Gasteiger partial charge in [-0.1, -0.05) is 39.0 Å².